The third kappa shape index (κ3) is 12.6. The highest BCUT2D eigenvalue weighted by molar-refractivity contribution is 6.01. The number of hydrogen-bond acceptors (Lipinski definition) is 7. The number of halogens is 3. The number of carboxylic acids is 2. The average molecular weight is 663 g/mol. The van der Waals surface area contributed by atoms with Crippen LogP contribution in [0.25, 0.3) is 10.8 Å². The molecule has 3 atom stereocenters. The molecule has 3 amide bonds. The van der Waals surface area contributed by atoms with Crippen molar-refractivity contribution in [3.63, 3.8) is 0 Å². The zero-order chi connectivity index (χ0) is 35.3. The summed E-state index contributed by atoms with van der Waals surface area (Å²) in [6.45, 7) is 5.47. The van der Waals surface area contributed by atoms with Gasteiger partial charge in [0.2, 0.25) is 11.8 Å². The van der Waals surface area contributed by atoms with E-state index >= 15 is 0 Å². The number of carboxylic acid groups (broad SMARTS) is 2. The van der Waals surface area contributed by atoms with Crippen LogP contribution in [0, 0.1) is 5.92 Å². The molecule has 3 aromatic carbocycles. The van der Waals surface area contributed by atoms with Crippen LogP contribution in [0.4, 0.5) is 13.2 Å². The number of hydrogen-bond donors (Lipinski definition) is 7. The second-order valence-corrected chi connectivity index (χ2v) is 10.9. The van der Waals surface area contributed by atoms with Gasteiger partial charge >= 0.3 is 18.1 Å². The Hall–Kier alpha value is -5.18. The molecule has 0 fully saturated rings. The maximum absolute atomic E-state index is 13.1. The highest BCUT2D eigenvalue weighted by Gasteiger charge is 2.38. The molecule has 12 nitrogen and oxygen atoms in total. The number of rotatable bonds is 13. The highest BCUT2D eigenvalue weighted by Crippen LogP contribution is 2.17. The number of para-hydroxylation sites is 1. The molecule has 0 aromatic heterocycles. The number of carbonyl (C=O) groups excluding carboxylic acids is 3. The van der Waals surface area contributed by atoms with Crippen molar-refractivity contribution >= 4 is 40.4 Å². The molecule has 0 saturated carbocycles. The number of benzene rings is 3. The van der Waals surface area contributed by atoms with Gasteiger partial charge < -0.3 is 36.6 Å². The van der Waals surface area contributed by atoms with E-state index in [0.29, 0.717) is 11.1 Å². The number of aromatic hydroxyl groups is 1. The first kappa shape index (κ1) is 38.0. The van der Waals surface area contributed by atoms with Crippen molar-refractivity contribution in [1.82, 2.24) is 21.3 Å². The third-order valence-corrected chi connectivity index (χ3v) is 6.71. The number of phenols is 1. The van der Waals surface area contributed by atoms with Gasteiger partial charge in [-0.2, -0.15) is 13.2 Å². The molecule has 3 rings (SSSR count). The van der Waals surface area contributed by atoms with Crippen molar-refractivity contribution in [2.24, 2.45) is 5.92 Å². The fourth-order valence-electron chi connectivity index (χ4n) is 4.21. The van der Waals surface area contributed by atoms with Crippen molar-refractivity contribution < 1.29 is 52.5 Å². The quantitative estimate of drug-likeness (QED) is 0.144. The van der Waals surface area contributed by atoms with Crippen molar-refractivity contribution in [1.29, 1.82) is 0 Å². The lowest BCUT2D eigenvalue weighted by atomic mass is 10.0. The molecule has 0 heterocycles. The zero-order valence-corrected chi connectivity index (χ0v) is 25.8. The molecule has 0 bridgehead atoms. The number of phenolic OH excluding ortho intramolecular Hbond substituents is 1. The predicted octanol–water partition coefficient (Wildman–Crippen LogP) is 3.19. The summed E-state index contributed by atoms with van der Waals surface area (Å²) < 4.78 is 31.7. The monoisotopic (exact) mass is 662 g/mol. The summed E-state index contributed by atoms with van der Waals surface area (Å²) in [5, 5.41) is 39.3. The van der Waals surface area contributed by atoms with Crippen LogP contribution < -0.4 is 21.3 Å². The standard InChI is InChI=1S/C30H36N4O6.C2HF3O2/c1-18(2)27(34-29(39)22-13-12-20-8-4-5-9-21(20)14-22)30(40)32-19(3)28(38)33-24(15-26(36)37)17-31-16-23-10-6-7-11-25(23)35;3-2(4,5)1(6)7/h4-14,18-19,24,27,31,35H,15-17H2,1-3H3,(H,32,40)(H,33,38)(H,34,39)(H,36,37);(H,6,7)/t19-,24-,27-;/m0./s1. The van der Waals surface area contributed by atoms with E-state index in [4.69, 9.17) is 9.90 Å². The molecule has 254 valence electrons. The Morgan fingerprint density at radius 1 is 0.787 bits per heavy atom. The SMILES string of the molecule is CC(C)[C@H](NC(=O)c1ccc2ccccc2c1)C(=O)N[C@@H](C)C(=O)N[C@H](CNCc1ccccc1O)CC(=O)O.O=C(O)C(F)(F)F. The van der Waals surface area contributed by atoms with Gasteiger partial charge in [-0.25, -0.2) is 4.79 Å². The minimum absolute atomic E-state index is 0.109. The smallest absolute Gasteiger partial charge is 0.490 e. The van der Waals surface area contributed by atoms with E-state index < -0.39 is 54.0 Å². The van der Waals surface area contributed by atoms with Crippen LogP contribution in [0.2, 0.25) is 0 Å². The van der Waals surface area contributed by atoms with Crippen molar-refractivity contribution in [3.8, 4) is 5.75 Å². The molecule has 0 aliphatic carbocycles. The molecule has 0 aliphatic rings. The van der Waals surface area contributed by atoms with Gasteiger partial charge in [0.25, 0.3) is 5.91 Å². The van der Waals surface area contributed by atoms with Gasteiger partial charge in [-0.15, -0.1) is 0 Å². The van der Waals surface area contributed by atoms with Crippen molar-refractivity contribution in [2.75, 3.05) is 6.54 Å². The van der Waals surface area contributed by atoms with Gasteiger partial charge in [-0.05, 0) is 41.8 Å². The van der Waals surface area contributed by atoms with Crippen LogP contribution in [0.3, 0.4) is 0 Å². The third-order valence-electron chi connectivity index (χ3n) is 6.71. The maximum atomic E-state index is 13.1. The fraction of sp³-hybridized carbons (Fsp3) is 0.344. The van der Waals surface area contributed by atoms with E-state index in [-0.39, 0.29) is 31.2 Å². The number of carbonyl (C=O) groups is 5. The van der Waals surface area contributed by atoms with Gasteiger partial charge in [-0.1, -0.05) is 62.4 Å². The lowest BCUT2D eigenvalue weighted by Gasteiger charge is -2.25. The van der Waals surface area contributed by atoms with E-state index in [2.05, 4.69) is 21.3 Å². The molecule has 7 N–H and O–H groups in total. The lowest BCUT2D eigenvalue weighted by molar-refractivity contribution is -0.192. The first-order chi connectivity index (χ1) is 22.0. The van der Waals surface area contributed by atoms with E-state index in [1.807, 2.05) is 30.3 Å². The van der Waals surface area contributed by atoms with E-state index in [0.717, 1.165) is 10.8 Å². The summed E-state index contributed by atoms with van der Waals surface area (Å²) in [4.78, 5) is 59.1. The van der Waals surface area contributed by atoms with E-state index in [1.165, 1.54) is 6.92 Å². The fourth-order valence-corrected chi connectivity index (χ4v) is 4.21. The van der Waals surface area contributed by atoms with Crippen LogP contribution in [-0.2, 0) is 25.7 Å². The Morgan fingerprint density at radius 2 is 1.38 bits per heavy atom. The summed E-state index contributed by atoms with van der Waals surface area (Å²) in [7, 11) is 0. The lowest BCUT2D eigenvalue weighted by Crippen LogP contribution is -2.56. The molecule has 0 aliphatic heterocycles. The first-order valence-electron chi connectivity index (χ1n) is 14.4. The van der Waals surface area contributed by atoms with Gasteiger partial charge in [0.05, 0.1) is 12.5 Å². The second kappa shape index (κ2) is 17.5. The van der Waals surface area contributed by atoms with Gasteiger partial charge in [0, 0.05) is 24.2 Å². The molecular weight excluding hydrogens is 625 g/mol. The summed E-state index contributed by atoms with van der Waals surface area (Å²) >= 11 is 0. The Bertz CT molecular complexity index is 1560. The topological polar surface area (TPSA) is 194 Å². The molecule has 0 radical (unpaired) electrons. The molecule has 0 spiro atoms. The highest BCUT2D eigenvalue weighted by atomic mass is 19.4. The summed E-state index contributed by atoms with van der Waals surface area (Å²) in [6, 6.07) is 17.0. The van der Waals surface area contributed by atoms with E-state index in [9.17, 15) is 42.6 Å². The van der Waals surface area contributed by atoms with Crippen LogP contribution in [0.15, 0.2) is 66.7 Å². The Labute approximate surface area is 268 Å². The minimum Gasteiger partial charge on any atom is -0.508 e. The maximum Gasteiger partial charge on any atom is 0.490 e. The van der Waals surface area contributed by atoms with Crippen LogP contribution in [0.1, 0.15) is 43.1 Å². The van der Waals surface area contributed by atoms with Gasteiger partial charge in [0.1, 0.15) is 17.8 Å². The van der Waals surface area contributed by atoms with Crippen LogP contribution in [0.5, 0.6) is 5.75 Å². The zero-order valence-electron chi connectivity index (χ0n) is 25.8. The average Bonchev–Trinajstić information content (AvgIpc) is 2.99. The summed E-state index contributed by atoms with van der Waals surface area (Å²) in [5.41, 5.74) is 1.05. The van der Waals surface area contributed by atoms with Crippen LogP contribution >= 0.6 is 0 Å². The van der Waals surface area contributed by atoms with Crippen molar-refractivity contribution in [3.05, 3.63) is 77.9 Å². The number of alkyl halides is 3. The number of aliphatic carboxylic acids is 2. The molecule has 0 saturated heterocycles. The largest absolute Gasteiger partial charge is 0.508 e. The molecule has 15 heteroatoms. The predicted molar refractivity (Wildman–Crippen MR) is 165 cm³/mol. The minimum atomic E-state index is -5.08. The summed E-state index contributed by atoms with van der Waals surface area (Å²) in [5.74, 6) is -5.51. The van der Waals surface area contributed by atoms with Gasteiger partial charge in [-0.3, -0.25) is 19.2 Å². The van der Waals surface area contributed by atoms with Crippen molar-refractivity contribution in [2.45, 2.75) is 58.0 Å². The number of fused-ring (bicyclic) bond motifs is 1. The Balaban J connectivity index is 0.000000984. The Morgan fingerprint density at radius 3 is 1.96 bits per heavy atom. The number of amides is 3. The summed E-state index contributed by atoms with van der Waals surface area (Å²) in [6.07, 6.45) is -5.42. The first-order valence-corrected chi connectivity index (χ1v) is 14.4. The molecular formula is C32H37F3N4O8. The van der Waals surface area contributed by atoms with Gasteiger partial charge in [0.15, 0.2) is 0 Å². The van der Waals surface area contributed by atoms with Crippen LogP contribution in [-0.4, -0.2) is 75.8 Å². The molecule has 47 heavy (non-hydrogen) atoms. The van der Waals surface area contributed by atoms with E-state index in [1.54, 1.807) is 50.2 Å². The number of nitrogens with one attached hydrogen (secondary N) is 4. The second-order valence-electron chi connectivity index (χ2n) is 10.9. The Kier molecular flexibility index (Phi) is 14.1. The molecule has 3 aromatic rings. The normalized spacial score (nSPS) is 13.0. The molecule has 0 unspecified atom stereocenters.